The first kappa shape index (κ1) is 21.3. The summed E-state index contributed by atoms with van der Waals surface area (Å²) in [6.45, 7) is 4.30. The summed E-state index contributed by atoms with van der Waals surface area (Å²) >= 11 is 1.87. The predicted molar refractivity (Wildman–Crippen MR) is 121 cm³/mol. The summed E-state index contributed by atoms with van der Waals surface area (Å²) in [5.41, 5.74) is 7.40. The second kappa shape index (κ2) is 11.0. The van der Waals surface area contributed by atoms with Gasteiger partial charge in [0.05, 0.1) is 13.2 Å². The lowest BCUT2D eigenvalue weighted by Crippen LogP contribution is -2.48. The number of piperidine rings is 1. The predicted octanol–water partition coefficient (Wildman–Crippen LogP) is 3.60. The van der Waals surface area contributed by atoms with Crippen molar-refractivity contribution in [2.45, 2.75) is 31.6 Å². The molecule has 1 aliphatic rings. The van der Waals surface area contributed by atoms with E-state index in [1.807, 2.05) is 18.7 Å². The number of carbonyl (C=O) groups is 1. The third kappa shape index (κ3) is 6.29. The zero-order chi connectivity index (χ0) is 20.5. The third-order valence-electron chi connectivity index (χ3n) is 5.03. The van der Waals surface area contributed by atoms with Crippen molar-refractivity contribution >= 4 is 34.6 Å². The number of ether oxygens (including phenoxy) is 1. The van der Waals surface area contributed by atoms with Gasteiger partial charge in [0.15, 0.2) is 5.96 Å². The SMILES string of the molecule is CCOC(=O)N1CCC(NC(N)=NCCSCc2cccc3ccccc23)CC1. The van der Waals surface area contributed by atoms with E-state index < -0.39 is 0 Å². The van der Waals surface area contributed by atoms with Gasteiger partial charge in [-0.3, -0.25) is 4.99 Å². The van der Waals surface area contributed by atoms with Crippen molar-refractivity contribution in [3.63, 3.8) is 0 Å². The molecule has 0 bridgehead atoms. The highest BCUT2D eigenvalue weighted by molar-refractivity contribution is 7.98. The molecular formula is C22H30N4O2S. The molecule has 7 heteroatoms. The number of rotatable bonds is 7. The van der Waals surface area contributed by atoms with Crippen LogP contribution in [0.3, 0.4) is 0 Å². The van der Waals surface area contributed by atoms with Gasteiger partial charge in [-0.05, 0) is 36.1 Å². The second-order valence-corrected chi connectivity index (χ2v) is 8.17. The molecule has 1 amide bonds. The maximum Gasteiger partial charge on any atom is 0.409 e. The van der Waals surface area contributed by atoms with Gasteiger partial charge in [-0.15, -0.1) is 0 Å². The molecule has 29 heavy (non-hydrogen) atoms. The summed E-state index contributed by atoms with van der Waals surface area (Å²) in [5, 5.41) is 5.89. The van der Waals surface area contributed by atoms with Gasteiger partial charge in [0.2, 0.25) is 0 Å². The van der Waals surface area contributed by atoms with Crippen molar-refractivity contribution in [1.29, 1.82) is 0 Å². The van der Waals surface area contributed by atoms with Gasteiger partial charge in [0, 0.05) is 30.6 Å². The molecule has 3 rings (SSSR count). The van der Waals surface area contributed by atoms with Crippen molar-refractivity contribution in [1.82, 2.24) is 10.2 Å². The minimum Gasteiger partial charge on any atom is -0.450 e. The number of likely N-dealkylation sites (tertiary alicyclic amines) is 1. The largest absolute Gasteiger partial charge is 0.450 e. The zero-order valence-corrected chi connectivity index (χ0v) is 17.8. The van der Waals surface area contributed by atoms with E-state index in [2.05, 4.69) is 52.8 Å². The highest BCUT2D eigenvalue weighted by Gasteiger charge is 2.23. The van der Waals surface area contributed by atoms with Crippen LogP contribution in [0.2, 0.25) is 0 Å². The number of benzene rings is 2. The van der Waals surface area contributed by atoms with Crippen molar-refractivity contribution in [3.8, 4) is 0 Å². The Morgan fingerprint density at radius 2 is 2.00 bits per heavy atom. The van der Waals surface area contributed by atoms with Gasteiger partial charge in [-0.2, -0.15) is 11.8 Å². The topological polar surface area (TPSA) is 80.0 Å². The lowest BCUT2D eigenvalue weighted by atomic mass is 10.1. The van der Waals surface area contributed by atoms with E-state index in [-0.39, 0.29) is 12.1 Å². The first-order valence-electron chi connectivity index (χ1n) is 10.2. The maximum absolute atomic E-state index is 11.7. The Labute approximate surface area is 176 Å². The van der Waals surface area contributed by atoms with Gasteiger partial charge in [-0.1, -0.05) is 42.5 Å². The second-order valence-electron chi connectivity index (χ2n) is 7.06. The molecule has 0 spiro atoms. The molecule has 0 saturated carbocycles. The summed E-state index contributed by atoms with van der Waals surface area (Å²) < 4.78 is 5.05. The van der Waals surface area contributed by atoms with Crippen LogP contribution in [0.5, 0.6) is 0 Å². The maximum atomic E-state index is 11.7. The fraction of sp³-hybridized carbons (Fsp3) is 0.455. The monoisotopic (exact) mass is 414 g/mol. The molecule has 0 atom stereocenters. The van der Waals surface area contributed by atoms with Gasteiger partial charge in [-0.25, -0.2) is 4.79 Å². The first-order valence-corrected chi connectivity index (χ1v) is 11.4. The van der Waals surface area contributed by atoms with Crippen LogP contribution >= 0.6 is 11.8 Å². The molecule has 156 valence electrons. The number of nitrogens with one attached hydrogen (secondary N) is 1. The number of carbonyl (C=O) groups excluding carboxylic acids is 1. The zero-order valence-electron chi connectivity index (χ0n) is 17.0. The normalized spacial score (nSPS) is 15.5. The minimum atomic E-state index is -0.226. The van der Waals surface area contributed by atoms with Crippen molar-refractivity contribution < 1.29 is 9.53 Å². The summed E-state index contributed by atoms with van der Waals surface area (Å²) in [5.74, 6) is 2.38. The number of hydrogen-bond acceptors (Lipinski definition) is 4. The number of nitrogens with zero attached hydrogens (tertiary/aromatic N) is 2. The summed E-state index contributed by atoms with van der Waals surface area (Å²) in [4.78, 5) is 17.9. The summed E-state index contributed by atoms with van der Waals surface area (Å²) in [6.07, 6.45) is 1.48. The Balaban J connectivity index is 1.36. The Morgan fingerprint density at radius 1 is 1.24 bits per heavy atom. The van der Waals surface area contributed by atoms with E-state index in [1.165, 1.54) is 16.3 Å². The highest BCUT2D eigenvalue weighted by atomic mass is 32.2. The van der Waals surface area contributed by atoms with Crippen LogP contribution in [0.1, 0.15) is 25.3 Å². The third-order valence-corrected chi connectivity index (χ3v) is 6.01. The summed E-state index contributed by atoms with van der Waals surface area (Å²) in [6, 6.07) is 15.2. The fourth-order valence-corrected chi connectivity index (χ4v) is 4.34. The van der Waals surface area contributed by atoms with Gasteiger partial charge in [0.1, 0.15) is 0 Å². The lowest BCUT2D eigenvalue weighted by Gasteiger charge is -2.31. The molecule has 6 nitrogen and oxygen atoms in total. The van der Waals surface area contributed by atoms with Crippen molar-refractivity contribution in [2.75, 3.05) is 32.0 Å². The first-order chi connectivity index (χ1) is 14.2. The molecule has 1 fully saturated rings. The standard InChI is InChI=1S/C22H30N4O2S/c1-2-28-22(27)26-13-10-19(11-14-26)25-21(23)24-12-15-29-16-18-8-5-7-17-6-3-4-9-20(17)18/h3-9,19H,2,10-16H2,1H3,(H3,23,24,25). The van der Waals surface area contributed by atoms with Crippen LogP contribution in [-0.4, -0.2) is 55.0 Å². The molecule has 1 aliphatic heterocycles. The van der Waals surface area contributed by atoms with E-state index in [9.17, 15) is 4.79 Å². The Kier molecular flexibility index (Phi) is 8.04. The highest BCUT2D eigenvalue weighted by Crippen LogP contribution is 2.22. The van der Waals surface area contributed by atoms with Crippen LogP contribution in [0.15, 0.2) is 47.5 Å². The number of fused-ring (bicyclic) bond motifs is 1. The lowest BCUT2D eigenvalue weighted by molar-refractivity contribution is 0.0963. The van der Waals surface area contributed by atoms with Crippen molar-refractivity contribution in [2.24, 2.45) is 10.7 Å². The van der Waals surface area contributed by atoms with Crippen molar-refractivity contribution in [3.05, 3.63) is 48.0 Å². The Morgan fingerprint density at radius 3 is 2.79 bits per heavy atom. The number of aliphatic imine (C=N–C) groups is 1. The van der Waals surface area contributed by atoms with E-state index in [1.54, 1.807) is 4.90 Å². The number of hydrogen-bond donors (Lipinski definition) is 2. The number of guanidine groups is 1. The van der Waals surface area contributed by atoms with Crippen LogP contribution in [0, 0.1) is 0 Å². The van der Waals surface area contributed by atoms with Crippen LogP contribution < -0.4 is 11.1 Å². The smallest absolute Gasteiger partial charge is 0.409 e. The van der Waals surface area contributed by atoms with Crippen LogP contribution in [0.4, 0.5) is 4.79 Å². The number of thioether (sulfide) groups is 1. The molecule has 0 aromatic heterocycles. The van der Waals surface area contributed by atoms with E-state index in [0.717, 1.165) is 24.3 Å². The van der Waals surface area contributed by atoms with E-state index in [0.29, 0.717) is 32.2 Å². The number of amides is 1. The molecule has 1 heterocycles. The summed E-state index contributed by atoms with van der Waals surface area (Å²) in [7, 11) is 0. The molecule has 0 aliphatic carbocycles. The Hall–Kier alpha value is -2.41. The molecular weight excluding hydrogens is 384 g/mol. The molecule has 2 aromatic rings. The number of nitrogens with two attached hydrogens (primary N) is 1. The molecule has 1 saturated heterocycles. The minimum absolute atomic E-state index is 0.226. The van der Waals surface area contributed by atoms with Crippen LogP contribution in [0.25, 0.3) is 10.8 Å². The van der Waals surface area contributed by atoms with E-state index in [4.69, 9.17) is 10.5 Å². The van der Waals surface area contributed by atoms with Gasteiger partial charge >= 0.3 is 6.09 Å². The van der Waals surface area contributed by atoms with E-state index >= 15 is 0 Å². The Bertz CT molecular complexity index is 829. The fourth-order valence-electron chi connectivity index (χ4n) is 3.51. The van der Waals surface area contributed by atoms with Crippen LogP contribution in [-0.2, 0) is 10.5 Å². The molecule has 0 radical (unpaired) electrons. The van der Waals surface area contributed by atoms with Gasteiger partial charge < -0.3 is 20.7 Å². The average molecular weight is 415 g/mol. The molecule has 0 unspecified atom stereocenters. The van der Waals surface area contributed by atoms with Gasteiger partial charge in [0.25, 0.3) is 0 Å². The average Bonchev–Trinajstić information content (AvgIpc) is 2.74. The molecule has 2 aromatic carbocycles. The molecule has 3 N–H and O–H groups in total. The quantitative estimate of drug-likeness (QED) is 0.411.